The molecule has 1 saturated heterocycles. The third kappa shape index (κ3) is 3.22. The average Bonchev–Trinajstić information content (AvgIpc) is 2.32. The topological polar surface area (TPSA) is 12.5 Å². The fraction of sp³-hybridized carbons (Fsp3) is 0.600. The zero-order valence-corrected chi connectivity index (χ0v) is 11.2. The lowest BCUT2D eigenvalue weighted by Gasteiger charge is -2.29. The van der Waals surface area contributed by atoms with Crippen molar-refractivity contribution in [2.75, 3.05) is 27.2 Å². The van der Waals surface area contributed by atoms with E-state index in [4.69, 9.17) is 4.74 Å². The maximum Gasteiger partial charge on any atom is 0.121 e. The summed E-state index contributed by atoms with van der Waals surface area (Å²) in [5.74, 6) is 1.86. The van der Waals surface area contributed by atoms with E-state index < -0.39 is 0 Å². The highest BCUT2D eigenvalue weighted by Crippen LogP contribution is 2.24. The molecule has 1 aliphatic heterocycles. The maximum atomic E-state index is 5.30. The second-order valence-electron chi connectivity index (χ2n) is 5.25. The highest BCUT2D eigenvalue weighted by atomic mass is 16.5. The van der Waals surface area contributed by atoms with E-state index in [1.54, 1.807) is 7.11 Å². The second-order valence-corrected chi connectivity index (χ2v) is 5.25. The molecule has 0 aliphatic carbocycles. The lowest BCUT2D eigenvalue weighted by atomic mass is 9.90. The first-order valence-corrected chi connectivity index (χ1v) is 6.51. The number of rotatable bonds is 3. The molecule has 1 aromatic carbocycles. The van der Waals surface area contributed by atoms with Crippen molar-refractivity contribution in [3.8, 4) is 5.75 Å². The van der Waals surface area contributed by atoms with Crippen LogP contribution < -0.4 is 4.74 Å². The van der Waals surface area contributed by atoms with Crippen LogP contribution in [-0.2, 0) is 6.42 Å². The van der Waals surface area contributed by atoms with Crippen molar-refractivity contribution in [2.24, 2.45) is 5.92 Å². The highest BCUT2D eigenvalue weighted by molar-refractivity contribution is 5.36. The fourth-order valence-electron chi connectivity index (χ4n) is 2.67. The van der Waals surface area contributed by atoms with Gasteiger partial charge < -0.3 is 9.64 Å². The summed E-state index contributed by atoms with van der Waals surface area (Å²) in [4.78, 5) is 2.43. The molecule has 2 rings (SSSR count). The Labute approximate surface area is 105 Å². The van der Waals surface area contributed by atoms with Crippen LogP contribution in [0.1, 0.15) is 24.0 Å². The molecule has 1 aromatic rings. The van der Waals surface area contributed by atoms with Gasteiger partial charge in [-0.05, 0) is 69.4 Å². The Balaban J connectivity index is 1.97. The fourth-order valence-corrected chi connectivity index (χ4v) is 2.67. The minimum absolute atomic E-state index is 0.860. The van der Waals surface area contributed by atoms with Crippen LogP contribution in [0, 0.1) is 12.8 Å². The average molecular weight is 233 g/mol. The maximum absolute atomic E-state index is 5.30. The molecular formula is C15H23NO. The molecule has 17 heavy (non-hydrogen) atoms. The van der Waals surface area contributed by atoms with Gasteiger partial charge in [0.2, 0.25) is 0 Å². The molecule has 0 saturated carbocycles. The van der Waals surface area contributed by atoms with Crippen molar-refractivity contribution in [2.45, 2.75) is 26.2 Å². The van der Waals surface area contributed by atoms with E-state index in [0.29, 0.717) is 0 Å². The number of aryl methyl sites for hydroxylation is 1. The summed E-state index contributed by atoms with van der Waals surface area (Å²) in [6.45, 7) is 4.62. The van der Waals surface area contributed by atoms with Gasteiger partial charge in [0.25, 0.3) is 0 Å². The molecule has 2 nitrogen and oxygen atoms in total. The molecule has 0 aromatic heterocycles. The Morgan fingerprint density at radius 1 is 1.29 bits per heavy atom. The van der Waals surface area contributed by atoms with Gasteiger partial charge in [-0.3, -0.25) is 0 Å². The van der Waals surface area contributed by atoms with Crippen LogP contribution in [0.3, 0.4) is 0 Å². The zero-order chi connectivity index (χ0) is 12.3. The number of likely N-dealkylation sites (tertiary alicyclic amines) is 1. The minimum Gasteiger partial charge on any atom is -0.496 e. The summed E-state index contributed by atoms with van der Waals surface area (Å²) in [5.41, 5.74) is 2.70. The van der Waals surface area contributed by atoms with E-state index >= 15 is 0 Å². The number of methoxy groups -OCH3 is 1. The molecule has 0 radical (unpaired) electrons. The third-order valence-electron chi connectivity index (χ3n) is 3.82. The minimum atomic E-state index is 0.860. The molecule has 1 heterocycles. The Kier molecular flexibility index (Phi) is 4.06. The summed E-state index contributed by atoms with van der Waals surface area (Å²) in [6.07, 6.45) is 3.89. The lowest BCUT2D eigenvalue weighted by Crippen LogP contribution is -2.30. The van der Waals surface area contributed by atoms with Gasteiger partial charge in [-0.25, -0.2) is 0 Å². The molecule has 94 valence electrons. The summed E-state index contributed by atoms with van der Waals surface area (Å²) in [5, 5.41) is 0. The number of nitrogens with zero attached hydrogens (tertiary/aromatic N) is 1. The van der Waals surface area contributed by atoms with Crippen LogP contribution in [0.15, 0.2) is 18.2 Å². The molecule has 0 N–H and O–H groups in total. The molecule has 0 amide bonds. The van der Waals surface area contributed by atoms with E-state index in [9.17, 15) is 0 Å². The lowest BCUT2D eigenvalue weighted by molar-refractivity contribution is 0.219. The van der Waals surface area contributed by atoms with E-state index in [1.165, 1.54) is 43.5 Å². The van der Waals surface area contributed by atoms with Crippen LogP contribution in [0.4, 0.5) is 0 Å². The number of piperidine rings is 1. The van der Waals surface area contributed by atoms with Crippen molar-refractivity contribution in [1.29, 1.82) is 0 Å². The van der Waals surface area contributed by atoms with E-state index in [0.717, 1.165) is 11.7 Å². The van der Waals surface area contributed by atoms with Gasteiger partial charge in [0.15, 0.2) is 0 Å². The Hall–Kier alpha value is -1.02. The molecule has 1 fully saturated rings. The second kappa shape index (κ2) is 5.54. The number of hydrogen-bond donors (Lipinski definition) is 0. The number of hydrogen-bond acceptors (Lipinski definition) is 2. The first-order chi connectivity index (χ1) is 8.19. The first-order valence-electron chi connectivity index (χ1n) is 6.51. The van der Waals surface area contributed by atoms with Crippen molar-refractivity contribution >= 4 is 0 Å². The standard InChI is InChI=1S/C15H23NO/c1-12-10-14(4-5-15(12)17-3)11-13-6-8-16(2)9-7-13/h4-5,10,13H,6-9,11H2,1-3H3. The summed E-state index contributed by atoms with van der Waals surface area (Å²) < 4.78 is 5.30. The smallest absolute Gasteiger partial charge is 0.121 e. The number of benzene rings is 1. The predicted molar refractivity (Wildman–Crippen MR) is 71.7 cm³/mol. The van der Waals surface area contributed by atoms with Crippen molar-refractivity contribution in [3.05, 3.63) is 29.3 Å². The Morgan fingerprint density at radius 2 is 2.00 bits per heavy atom. The largest absolute Gasteiger partial charge is 0.496 e. The van der Waals surface area contributed by atoms with Crippen LogP contribution in [0.25, 0.3) is 0 Å². The molecule has 1 aliphatic rings. The zero-order valence-electron chi connectivity index (χ0n) is 11.2. The number of ether oxygens (including phenoxy) is 1. The van der Waals surface area contributed by atoms with E-state index in [2.05, 4.69) is 37.1 Å². The summed E-state index contributed by atoms with van der Waals surface area (Å²) in [7, 11) is 3.95. The summed E-state index contributed by atoms with van der Waals surface area (Å²) in [6, 6.07) is 6.58. The molecule has 0 unspecified atom stereocenters. The highest BCUT2D eigenvalue weighted by Gasteiger charge is 2.17. The van der Waals surface area contributed by atoms with Gasteiger partial charge in [0.05, 0.1) is 7.11 Å². The molecule has 0 bridgehead atoms. The Morgan fingerprint density at radius 3 is 2.59 bits per heavy atom. The van der Waals surface area contributed by atoms with Gasteiger partial charge in [-0.1, -0.05) is 12.1 Å². The van der Waals surface area contributed by atoms with Crippen molar-refractivity contribution in [1.82, 2.24) is 4.90 Å². The molecular weight excluding hydrogens is 210 g/mol. The van der Waals surface area contributed by atoms with Crippen LogP contribution in [0.2, 0.25) is 0 Å². The van der Waals surface area contributed by atoms with Gasteiger partial charge in [-0.15, -0.1) is 0 Å². The predicted octanol–water partition coefficient (Wildman–Crippen LogP) is 2.89. The molecule has 0 atom stereocenters. The van der Waals surface area contributed by atoms with Gasteiger partial charge >= 0.3 is 0 Å². The Bertz CT molecular complexity index is 367. The monoisotopic (exact) mass is 233 g/mol. The van der Waals surface area contributed by atoms with E-state index in [1.807, 2.05) is 0 Å². The van der Waals surface area contributed by atoms with Crippen LogP contribution >= 0.6 is 0 Å². The molecule has 0 spiro atoms. The van der Waals surface area contributed by atoms with Crippen molar-refractivity contribution < 1.29 is 4.74 Å². The van der Waals surface area contributed by atoms with Crippen LogP contribution in [0.5, 0.6) is 5.75 Å². The van der Waals surface area contributed by atoms with Gasteiger partial charge in [-0.2, -0.15) is 0 Å². The summed E-state index contributed by atoms with van der Waals surface area (Å²) >= 11 is 0. The third-order valence-corrected chi connectivity index (χ3v) is 3.82. The normalized spacial score (nSPS) is 18.3. The van der Waals surface area contributed by atoms with Crippen molar-refractivity contribution in [3.63, 3.8) is 0 Å². The van der Waals surface area contributed by atoms with E-state index in [-0.39, 0.29) is 0 Å². The van der Waals surface area contributed by atoms with Crippen LogP contribution in [-0.4, -0.2) is 32.1 Å². The SMILES string of the molecule is COc1ccc(CC2CCN(C)CC2)cc1C. The molecule has 2 heteroatoms. The first kappa shape index (κ1) is 12.4. The quantitative estimate of drug-likeness (QED) is 0.796. The van der Waals surface area contributed by atoms with Gasteiger partial charge in [0, 0.05) is 0 Å². The van der Waals surface area contributed by atoms with Gasteiger partial charge in [0.1, 0.15) is 5.75 Å².